The molecule has 0 aliphatic carbocycles. The van der Waals surface area contributed by atoms with Crippen molar-refractivity contribution < 1.29 is 13.9 Å². The van der Waals surface area contributed by atoms with Gasteiger partial charge in [0.05, 0.1) is 18.2 Å². The molecule has 13 heavy (non-hydrogen) atoms. The molecule has 66 valence electrons. The van der Waals surface area contributed by atoms with Gasteiger partial charge in [0, 0.05) is 0 Å². The van der Waals surface area contributed by atoms with Gasteiger partial charge in [-0.2, -0.15) is 0 Å². The van der Waals surface area contributed by atoms with E-state index in [1.165, 1.54) is 19.2 Å². The van der Waals surface area contributed by atoms with Gasteiger partial charge in [-0.1, -0.05) is 5.92 Å². The SMILES string of the molecule is C#Cc1ccc(C(=O)OC)cc1F. The van der Waals surface area contributed by atoms with E-state index >= 15 is 0 Å². The summed E-state index contributed by atoms with van der Waals surface area (Å²) in [6, 6.07) is 3.84. The summed E-state index contributed by atoms with van der Waals surface area (Å²) in [5.74, 6) is 0.979. The minimum absolute atomic E-state index is 0.132. The van der Waals surface area contributed by atoms with Crippen molar-refractivity contribution in [1.29, 1.82) is 0 Å². The number of benzene rings is 1. The molecule has 0 atom stereocenters. The first-order valence-corrected chi connectivity index (χ1v) is 3.53. The lowest BCUT2D eigenvalue weighted by Gasteiger charge is -1.99. The van der Waals surface area contributed by atoms with Crippen LogP contribution in [0.4, 0.5) is 4.39 Å². The number of rotatable bonds is 1. The molecule has 0 fully saturated rings. The number of esters is 1. The second kappa shape index (κ2) is 3.72. The fraction of sp³-hybridized carbons (Fsp3) is 0.100. The smallest absolute Gasteiger partial charge is 0.337 e. The monoisotopic (exact) mass is 178 g/mol. The molecule has 0 heterocycles. The van der Waals surface area contributed by atoms with Crippen LogP contribution in [0.25, 0.3) is 0 Å². The highest BCUT2D eigenvalue weighted by atomic mass is 19.1. The molecule has 0 aliphatic heterocycles. The zero-order valence-corrected chi connectivity index (χ0v) is 7.00. The molecule has 0 radical (unpaired) electrons. The molecular formula is C10H7FO2. The van der Waals surface area contributed by atoms with Crippen molar-refractivity contribution in [3.63, 3.8) is 0 Å². The standard InChI is InChI=1S/C10H7FO2/c1-3-7-4-5-8(6-9(7)11)10(12)13-2/h1,4-6H,2H3. The van der Waals surface area contributed by atoms with Crippen molar-refractivity contribution in [2.75, 3.05) is 7.11 Å². The van der Waals surface area contributed by atoms with Crippen LogP contribution in [0.5, 0.6) is 0 Å². The second-order valence-electron chi connectivity index (χ2n) is 2.33. The molecule has 1 aromatic rings. The highest BCUT2D eigenvalue weighted by molar-refractivity contribution is 5.89. The first-order chi connectivity index (χ1) is 6.19. The van der Waals surface area contributed by atoms with Crippen LogP contribution < -0.4 is 0 Å². The van der Waals surface area contributed by atoms with Crippen LogP contribution in [0.2, 0.25) is 0 Å². The van der Waals surface area contributed by atoms with Crippen LogP contribution in [-0.4, -0.2) is 13.1 Å². The fourth-order valence-electron chi connectivity index (χ4n) is 0.877. The minimum Gasteiger partial charge on any atom is -0.465 e. The Morgan fingerprint density at radius 1 is 1.62 bits per heavy atom. The Balaban J connectivity index is 3.11. The molecule has 1 aromatic carbocycles. The van der Waals surface area contributed by atoms with Gasteiger partial charge in [-0.15, -0.1) is 6.42 Å². The molecule has 1 rings (SSSR count). The Morgan fingerprint density at radius 2 is 2.31 bits per heavy atom. The zero-order chi connectivity index (χ0) is 9.84. The number of hydrogen-bond donors (Lipinski definition) is 0. The van der Waals surface area contributed by atoms with E-state index in [1.54, 1.807) is 0 Å². The molecular weight excluding hydrogens is 171 g/mol. The number of halogens is 1. The van der Waals surface area contributed by atoms with Gasteiger partial charge in [0.1, 0.15) is 5.82 Å². The molecule has 3 heteroatoms. The van der Waals surface area contributed by atoms with Gasteiger partial charge < -0.3 is 4.74 Å². The number of ether oxygens (including phenoxy) is 1. The van der Waals surface area contributed by atoms with E-state index < -0.39 is 11.8 Å². The van der Waals surface area contributed by atoms with Gasteiger partial charge in [0.2, 0.25) is 0 Å². The lowest BCUT2D eigenvalue weighted by Crippen LogP contribution is -2.01. The van der Waals surface area contributed by atoms with E-state index in [2.05, 4.69) is 10.7 Å². The highest BCUT2D eigenvalue weighted by Crippen LogP contribution is 2.09. The Morgan fingerprint density at radius 3 is 2.77 bits per heavy atom. The minimum atomic E-state index is -0.592. The van der Waals surface area contributed by atoms with Gasteiger partial charge in [0.25, 0.3) is 0 Å². The lowest BCUT2D eigenvalue weighted by molar-refractivity contribution is 0.0600. The van der Waals surface area contributed by atoms with Crippen molar-refractivity contribution in [2.24, 2.45) is 0 Å². The topological polar surface area (TPSA) is 26.3 Å². The predicted octanol–water partition coefficient (Wildman–Crippen LogP) is 1.59. The highest BCUT2D eigenvalue weighted by Gasteiger charge is 2.07. The average Bonchev–Trinajstić information content (AvgIpc) is 2.16. The maximum atomic E-state index is 13.0. The third kappa shape index (κ3) is 1.85. The van der Waals surface area contributed by atoms with Crippen molar-refractivity contribution >= 4 is 5.97 Å². The molecule has 0 N–H and O–H groups in total. The van der Waals surface area contributed by atoms with Crippen molar-refractivity contribution in [3.8, 4) is 12.3 Å². The number of carbonyl (C=O) groups is 1. The quantitative estimate of drug-likeness (QED) is 0.482. The first kappa shape index (κ1) is 9.27. The molecule has 0 aliphatic rings. The summed E-state index contributed by atoms with van der Waals surface area (Å²) in [6.45, 7) is 0. The van der Waals surface area contributed by atoms with Crippen LogP contribution in [0.3, 0.4) is 0 Å². The van der Waals surface area contributed by atoms with E-state index in [1.807, 2.05) is 0 Å². The van der Waals surface area contributed by atoms with Crippen LogP contribution in [0.1, 0.15) is 15.9 Å². The van der Waals surface area contributed by atoms with Crippen LogP contribution in [0, 0.1) is 18.2 Å². The van der Waals surface area contributed by atoms with Gasteiger partial charge in [-0.3, -0.25) is 0 Å². The molecule has 0 unspecified atom stereocenters. The first-order valence-electron chi connectivity index (χ1n) is 3.53. The Bertz CT molecular complexity index is 377. The molecule has 0 bridgehead atoms. The fourth-order valence-corrected chi connectivity index (χ4v) is 0.877. The Hall–Kier alpha value is -1.82. The van der Waals surface area contributed by atoms with E-state index in [4.69, 9.17) is 6.42 Å². The zero-order valence-electron chi connectivity index (χ0n) is 7.00. The van der Waals surface area contributed by atoms with E-state index in [-0.39, 0.29) is 11.1 Å². The lowest BCUT2D eigenvalue weighted by atomic mass is 10.1. The van der Waals surface area contributed by atoms with Crippen LogP contribution >= 0.6 is 0 Å². The molecule has 0 spiro atoms. The molecule has 0 aromatic heterocycles. The van der Waals surface area contributed by atoms with Gasteiger partial charge >= 0.3 is 5.97 Å². The molecule has 0 saturated heterocycles. The predicted molar refractivity (Wildman–Crippen MR) is 45.7 cm³/mol. The molecule has 0 amide bonds. The normalized spacial score (nSPS) is 9.00. The van der Waals surface area contributed by atoms with Crippen LogP contribution in [-0.2, 0) is 4.74 Å². The Labute approximate surface area is 75.3 Å². The van der Waals surface area contributed by atoms with Crippen LogP contribution in [0.15, 0.2) is 18.2 Å². The summed E-state index contributed by atoms with van der Waals surface area (Å²) >= 11 is 0. The molecule has 2 nitrogen and oxygen atoms in total. The van der Waals surface area contributed by atoms with E-state index in [0.717, 1.165) is 6.07 Å². The summed E-state index contributed by atoms with van der Waals surface area (Å²) in [5.41, 5.74) is 0.284. The number of terminal acetylenes is 1. The summed E-state index contributed by atoms with van der Waals surface area (Å²) in [5, 5.41) is 0. The van der Waals surface area contributed by atoms with Gasteiger partial charge in [-0.25, -0.2) is 9.18 Å². The van der Waals surface area contributed by atoms with Gasteiger partial charge in [0.15, 0.2) is 0 Å². The molecule has 0 saturated carbocycles. The summed E-state index contributed by atoms with van der Waals surface area (Å²) in [4.78, 5) is 10.9. The Kier molecular flexibility index (Phi) is 2.65. The van der Waals surface area contributed by atoms with E-state index in [9.17, 15) is 9.18 Å². The number of hydrogen-bond acceptors (Lipinski definition) is 2. The second-order valence-corrected chi connectivity index (χ2v) is 2.33. The third-order valence-corrected chi connectivity index (χ3v) is 1.55. The van der Waals surface area contributed by atoms with Crippen molar-refractivity contribution in [3.05, 3.63) is 35.1 Å². The number of carbonyl (C=O) groups excluding carboxylic acids is 1. The maximum Gasteiger partial charge on any atom is 0.337 e. The maximum absolute atomic E-state index is 13.0. The van der Waals surface area contributed by atoms with Crippen molar-refractivity contribution in [1.82, 2.24) is 0 Å². The van der Waals surface area contributed by atoms with Gasteiger partial charge in [-0.05, 0) is 18.2 Å². The summed E-state index contributed by atoms with van der Waals surface area (Å²) in [6.07, 6.45) is 5.00. The van der Waals surface area contributed by atoms with Crippen molar-refractivity contribution in [2.45, 2.75) is 0 Å². The third-order valence-electron chi connectivity index (χ3n) is 1.55. The largest absolute Gasteiger partial charge is 0.465 e. The number of methoxy groups -OCH3 is 1. The van der Waals surface area contributed by atoms with E-state index in [0.29, 0.717) is 0 Å². The summed E-state index contributed by atoms with van der Waals surface area (Å²) in [7, 11) is 1.23. The average molecular weight is 178 g/mol. The summed E-state index contributed by atoms with van der Waals surface area (Å²) < 4.78 is 17.4.